The lowest BCUT2D eigenvalue weighted by Gasteiger charge is -2.24. The van der Waals surface area contributed by atoms with E-state index in [0.717, 1.165) is 48.7 Å². The summed E-state index contributed by atoms with van der Waals surface area (Å²) >= 11 is 0. The maximum absolute atomic E-state index is 13.1. The van der Waals surface area contributed by atoms with Crippen LogP contribution in [0.15, 0.2) is 36.4 Å². The normalized spacial score (nSPS) is 15.0. The van der Waals surface area contributed by atoms with E-state index >= 15 is 0 Å². The minimum Gasteiger partial charge on any atom is -0.386 e. The van der Waals surface area contributed by atoms with Gasteiger partial charge in [0.25, 0.3) is 0 Å². The number of Topliss-reactive ketones (excluding diaryl/α,β-unsaturated/α-hetero) is 1. The van der Waals surface area contributed by atoms with E-state index in [0.29, 0.717) is 24.3 Å². The molecule has 0 aliphatic carbocycles. The highest BCUT2D eigenvalue weighted by atomic mass is 16.3. The summed E-state index contributed by atoms with van der Waals surface area (Å²) < 4.78 is 1.86. The Hall–Kier alpha value is -3.26. The predicted molar refractivity (Wildman–Crippen MR) is 131 cm³/mol. The summed E-state index contributed by atoms with van der Waals surface area (Å²) in [5.41, 5.74) is 2.76. The Morgan fingerprint density at radius 1 is 1.03 bits per heavy atom. The molecule has 34 heavy (non-hydrogen) atoms. The number of aromatic nitrogens is 3. The second kappa shape index (κ2) is 9.54. The first-order valence-electron chi connectivity index (χ1n) is 11.9. The van der Waals surface area contributed by atoms with Crippen LogP contribution in [-0.2, 0) is 23.2 Å². The van der Waals surface area contributed by atoms with E-state index in [-0.39, 0.29) is 18.1 Å². The third-order valence-corrected chi connectivity index (χ3v) is 6.39. The first-order chi connectivity index (χ1) is 16.2. The van der Waals surface area contributed by atoms with Crippen LogP contribution in [0.25, 0.3) is 5.65 Å². The molecule has 1 aromatic carbocycles. The number of carbonyl (C=O) groups excluding carboxylic acids is 2. The molecule has 0 bridgehead atoms. The highest BCUT2D eigenvalue weighted by Gasteiger charge is 2.22. The van der Waals surface area contributed by atoms with Gasteiger partial charge in [0, 0.05) is 50.8 Å². The molecule has 1 fully saturated rings. The van der Waals surface area contributed by atoms with Crippen molar-refractivity contribution in [2.75, 3.05) is 31.1 Å². The van der Waals surface area contributed by atoms with E-state index in [1.54, 1.807) is 45.0 Å². The number of hydrogen-bond acceptors (Lipinski definition) is 6. The minimum absolute atomic E-state index is 0.0288. The average Bonchev–Trinajstić information content (AvgIpc) is 3.05. The zero-order valence-corrected chi connectivity index (χ0v) is 20.4. The highest BCUT2D eigenvalue weighted by molar-refractivity contribution is 5.97. The van der Waals surface area contributed by atoms with E-state index in [9.17, 15) is 14.7 Å². The van der Waals surface area contributed by atoms with Crippen LogP contribution in [-0.4, -0.2) is 62.5 Å². The lowest BCUT2D eigenvalue weighted by Crippen LogP contribution is -2.34. The molecular formula is C26H33N5O3. The number of benzene rings is 1. The summed E-state index contributed by atoms with van der Waals surface area (Å²) in [5.74, 6) is 0.963. The lowest BCUT2D eigenvalue weighted by molar-refractivity contribution is -0.128. The van der Waals surface area contributed by atoms with Gasteiger partial charge in [0.15, 0.2) is 11.4 Å². The number of aryl methyl sites for hydroxylation is 1. The number of aliphatic hydroxyl groups is 1. The summed E-state index contributed by atoms with van der Waals surface area (Å²) in [6, 6.07) is 11.0. The molecule has 0 saturated carbocycles. The first-order valence-corrected chi connectivity index (χ1v) is 11.9. The van der Waals surface area contributed by atoms with E-state index in [1.165, 1.54) is 0 Å². The van der Waals surface area contributed by atoms with Gasteiger partial charge in [-0.3, -0.25) is 9.59 Å². The molecular weight excluding hydrogens is 430 g/mol. The largest absolute Gasteiger partial charge is 0.386 e. The third kappa shape index (κ3) is 5.12. The summed E-state index contributed by atoms with van der Waals surface area (Å²) in [6.07, 6.45) is 1.83. The van der Waals surface area contributed by atoms with E-state index in [4.69, 9.17) is 10.1 Å². The summed E-state index contributed by atoms with van der Waals surface area (Å²) in [4.78, 5) is 33.8. The molecule has 8 heteroatoms. The lowest BCUT2D eigenvalue weighted by atomic mass is 9.96. The molecule has 1 N–H and O–H groups in total. The Kier molecular flexibility index (Phi) is 6.70. The Balaban J connectivity index is 1.63. The van der Waals surface area contributed by atoms with Crippen molar-refractivity contribution in [2.45, 2.75) is 52.6 Å². The zero-order valence-electron chi connectivity index (χ0n) is 20.4. The highest BCUT2D eigenvalue weighted by Crippen LogP contribution is 2.23. The van der Waals surface area contributed by atoms with Gasteiger partial charge in [-0.15, -0.1) is 0 Å². The Bertz CT molecular complexity index is 1190. The van der Waals surface area contributed by atoms with Gasteiger partial charge in [0.05, 0.1) is 23.4 Å². The molecule has 1 amide bonds. The van der Waals surface area contributed by atoms with Crippen LogP contribution in [0.2, 0.25) is 0 Å². The number of hydrogen-bond donors (Lipinski definition) is 1. The van der Waals surface area contributed by atoms with E-state index < -0.39 is 5.60 Å². The topological polar surface area (TPSA) is 91.0 Å². The number of fused-ring (bicyclic) bond motifs is 1. The van der Waals surface area contributed by atoms with Gasteiger partial charge in [0.2, 0.25) is 5.91 Å². The quantitative estimate of drug-likeness (QED) is 0.565. The number of carbonyl (C=O) groups is 2. The monoisotopic (exact) mass is 463 g/mol. The number of nitrogens with zero attached hydrogens (tertiary/aromatic N) is 5. The van der Waals surface area contributed by atoms with Gasteiger partial charge in [-0.1, -0.05) is 31.2 Å². The molecule has 0 radical (unpaired) electrons. The van der Waals surface area contributed by atoms with Gasteiger partial charge < -0.3 is 14.9 Å². The fourth-order valence-electron chi connectivity index (χ4n) is 4.34. The molecule has 2 aromatic heterocycles. The number of anilines is 1. The molecule has 0 atom stereocenters. The second-order valence-corrected chi connectivity index (χ2v) is 9.45. The van der Waals surface area contributed by atoms with Gasteiger partial charge in [-0.05, 0) is 32.3 Å². The SMILES string of the molecule is CCc1cc2nc(CC(=O)c3ccc(C(C)(C)O)cc3)cc(N3CCCN(C(C)=O)CC3)n2n1. The molecule has 8 nitrogen and oxygen atoms in total. The van der Waals surface area contributed by atoms with Gasteiger partial charge >= 0.3 is 0 Å². The predicted octanol–water partition coefficient (Wildman–Crippen LogP) is 3.00. The fraction of sp³-hybridized carbons (Fsp3) is 0.462. The summed E-state index contributed by atoms with van der Waals surface area (Å²) in [5, 5.41) is 14.9. The molecule has 0 unspecified atom stereocenters. The average molecular weight is 464 g/mol. The van der Waals surface area contributed by atoms with Crippen molar-refractivity contribution in [2.24, 2.45) is 0 Å². The summed E-state index contributed by atoms with van der Waals surface area (Å²) in [6.45, 7) is 10.0. The standard InChI is InChI=1S/C26H33N5O3/c1-5-21-16-24-27-22(15-23(33)19-7-9-20(10-8-19)26(3,4)34)17-25(31(24)28-21)30-12-6-11-29(13-14-30)18(2)32/h7-10,16-17,34H,5-6,11-15H2,1-4H3. The van der Waals surface area contributed by atoms with Crippen LogP contribution >= 0.6 is 0 Å². The smallest absolute Gasteiger partial charge is 0.219 e. The van der Waals surface area contributed by atoms with Crippen LogP contribution in [0.4, 0.5) is 5.82 Å². The zero-order chi connectivity index (χ0) is 24.5. The number of ketones is 1. The van der Waals surface area contributed by atoms with Crippen molar-refractivity contribution < 1.29 is 14.7 Å². The van der Waals surface area contributed by atoms with Crippen molar-refractivity contribution >= 4 is 23.2 Å². The molecule has 180 valence electrons. The molecule has 4 rings (SSSR count). The minimum atomic E-state index is -0.951. The van der Waals surface area contributed by atoms with Crippen molar-refractivity contribution in [3.05, 3.63) is 58.9 Å². The molecule has 1 saturated heterocycles. The Morgan fingerprint density at radius 3 is 2.41 bits per heavy atom. The van der Waals surface area contributed by atoms with Crippen LogP contribution in [0, 0.1) is 0 Å². The van der Waals surface area contributed by atoms with E-state index in [1.807, 2.05) is 21.5 Å². The van der Waals surface area contributed by atoms with Crippen molar-refractivity contribution in [3.8, 4) is 0 Å². The van der Waals surface area contributed by atoms with Crippen molar-refractivity contribution in [1.82, 2.24) is 19.5 Å². The van der Waals surface area contributed by atoms with Crippen molar-refractivity contribution in [3.63, 3.8) is 0 Å². The first kappa shape index (κ1) is 23.9. The maximum Gasteiger partial charge on any atom is 0.219 e. The molecule has 3 heterocycles. The van der Waals surface area contributed by atoms with Crippen LogP contribution in [0.5, 0.6) is 0 Å². The van der Waals surface area contributed by atoms with Crippen LogP contribution in [0.1, 0.15) is 61.4 Å². The molecule has 3 aromatic rings. The Morgan fingerprint density at radius 2 is 1.76 bits per heavy atom. The summed E-state index contributed by atoms with van der Waals surface area (Å²) in [7, 11) is 0. The van der Waals surface area contributed by atoms with Gasteiger partial charge in [0.1, 0.15) is 5.82 Å². The Labute approximate surface area is 200 Å². The van der Waals surface area contributed by atoms with Gasteiger partial charge in [-0.25, -0.2) is 4.98 Å². The van der Waals surface area contributed by atoms with Gasteiger partial charge in [-0.2, -0.15) is 9.61 Å². The number of rotatable bonds is 6. The van der Waals surface area contributed by atoms with E-state index in [2.05, 4.69) is 11.8 Å². The third-order valence-electron chi connectivity index (χ3n) is 6.39. The van der Waals surface area contributed by atoms with Crippen molar-refractivity contribution in [1.29, 1.82) is 0 Å². The molecule has 0 spiro atoms. The fourth-order valence-corrected chi connectivity index (χ4v) is 4.34. The number of amides is 1. The molecule has 1 aliphatic rings. The van der Waals surface area contributed by atoms with Crippen LogP contribution in [0.3, 0.4) is 0 Å². The molecule has 1 aliphatic heterocycles. The maximum atomic E-state index is 13.1. The second-order valence-electron chi connectivity index (χ2n) is 9.45. The van der Waals surface area contributed by atoms with Crippen LogP contribution < -0.4 is 4.90 Å².